The van der Waals surface area contributed by atoms with Crippen LogP contribution in [0.2, 0.25) is 0 Å². The van der Waals surface area contributed by atoms with Crippen LogP contribution < -0.4 is 10.9 Å². The minimum absolute atomic E-state index is 0.0357. The van der Waals surface area contributed by atoms with Crippen LogP contribution in [0.5, 0.6) is 0 Å². The standard InChI is InChI=1S/C19H24N4O/c1-11(2)21-22-19(24)13-7-15-14-5-4-6-16-18(14)12(9-20-16)8-17(15)23(3)10-13/h4-7,9,11,13,17,20-21H,8,10H2,1-3H3,(H,22,24). The van der Waals surface area contributed by atoms with Crippen molar-refractivity contribution in [3.8, 4) is 0 Å². The molecule has 126 valence electrons. The Balaban J connectivity index is 1.72. The third-order valence-corrected chi connectivity index (χ3v) is 5.09. The molecule has 0 saturated heterocycles. The van der Waals surface area contributed by atoms with Gasteiger partial charge in [0.1, 0.15) is 0 Å². The summed E-state index contributed by atoms with van der Waals surface area (Å²) >= 11 is 0. The normalized spacial score (nSPS) is 23.2. The van der Waals surface area contributed by atoms with E-state index in [0.717, 1.165) is 13.0 Å². The van der Waals surface area contributed by atoms with Crippen molar-refractivity contribution in [2.45, 2.75) is 32.4 Å². The highest BCUT2D eigenvalue weighted by Crippen LogP contribution is 2.40. The first-order valence-electron chi connectivity index (χ1n) is 8.61. The topological polar surface area (TPSA) is 60.2 Å². The number of H-pyrrole nitrogens is 1. The Morgan fingerprint density at radius 1 is 1.38 bits per heavy atom. The second-order valence-electron chi connectivity index (χ2n) is 7.22. The smallest absolute Gasteiger partial charge is 0.242 e. The zero-order valence-corrected chi connectivity index (χ0v) is 14.4. The van der Waals surface area contributed by atoms with Crippen molar-refractivity contribution in [2.24, 2.45) is 5.92 Å². The molecule has 0 spiro atoms. The molecule has 3 N–H and O–H groups in total. The molecule has 0 saturated carbocycles. The summed E-state index contributed by atoms with van der Waals surface area (Å²) in [5, 5.41) is 1.31. The van der Waals surface area contributed by atoms with Crippen molar-refractivity contribution in [1.29, 1.82) is 0 Å². The van der Waals surface area contributed by atoms with E-state index in [4.69, 9.17) is 0 Å². The second kappa shape index (κ2) is 5.76. The number of nitrogens with one attached hydrogen (secondary N) is 3. The molecule has 2 aliphatic rings. The summed E-state index contributed by atoms with van der Waals surface area (Å²) in [6.07, 6.45) is 5.30. The second-order valence-corrected chi connectivity index (χ2v) is 7.22. The van der Waals surface area contributed by atoms with Crippen LogP contribution in [0.3, 0.4) is 0 Å². The van der Waals surface area contributed by atoms with Crippen molar-refractivity contribution in [3.05, 3.63) is 41.6 Å². The lowest BCUT2D eigenvalue weighted by Gasteiger charge is -2.39. The average Bonchev–Trinajstić information content (AvgIpc) is 2.98. The van der Waals surface area contributed by atoms with Gasteiger partial charge in [-0.05, 0) is 50.1 Å². The zero-order chi connectivity index (χ0) is 16.8. The molecule has 2 heterocycles. The van der Waals surface area contributed by atoms with E-state index in [-0.39, 0.29) is 17.9 Å². The molecule has 0 bridgehead atoms. The summed E-state index contributed by atoms with van der Waals surface area (Å²) in [6.45, 7) is 4.77. The SMILES string of the molecule is CC(C)NNC(=O)C1C=C2c3cccc4[nH]cc(c34)CC2N(C)C1. The van der Waals surface area contributed by atoms with Gasteiger partial charge in [-0.25, -0.2) is 5.43 Å². The monoisotopic (exact) mass is 324 g/mol. The fraction of sp³-hybridized carbons (Fsp3) is 0.421. The highest BCUT2D eigenvalue weighted by Gasteiger charge is 2.35. The van der Waals surface area contributed by atoms with Gasteiger partial charge in [-0.15, -0.1) is 0 Å². The molecule has 2 atom stereocenters. The number of aromatic amines is 1. The van der Waals surface area contributed by atoms with Crippen LogP contribution in [0.15, 0.2) is 30.5 Å². The molecule has 4 rings (SSSR count). The molecule has 1 aromatic carbocycles. The van der Waals surface area contributed by atoms with Crippen molar-refractivity contribution in [3.63, 3.8) is 0 Å². The van der Waals surface area contributed by atoms with Gasteiger partial charge in [-0.3, -0.25) is 15.1 Å². The number of likely N-dealkylation sites (N-methyl/N-ethyl adjacent to an activating group) is 1. The molecule has 5 nitrogen and oxygen atoms in total. The number of fused-ring (bicyclic) bond motifs is 2. The van der Waals surface area contributed by atoms with Crippen molar-refractivity contribution in [1.82, 2.24) is 20.7 Å². The summed E-state index contributed by atoms with van der Waals surface area (Å²) in [7, 11) is 2.12. The van der Waals surface area contributed by atoms with Gasteiger partial charge >= 0.3 is 0 Å². The molecule has 2 aromatic rings. The number of hydrogen-bond donors (Lipinski definition) is 3. The Bertz CT molecular complexity index is 820. The Hall–Kier alpha value is -2.11. The van der Waals surface area contributed by atoms with E-state index in [0.29, 0.717) is 6.04 Å². The van der Waals surface area contributed by atoms with E-state index in [9.17, 15) is 4.79 Å². The predicted molar refractivity (Wildman–Crippen MR) is 96.3 cm³/mol. The fourth-order valence-corrected chi connectivity index (χ4v) is 3.92. The largest absolute Gasteiger partial charge is 0.361 e. The highest BCUT2D eigenvalue weighted by atomic mass is 16.2. The van der Waals surface area contributed by atoms with Crippen LogP contribution >= 0.6 is 0 Å². The van der Waals surface area contributed by atoms with E-state index in [2.05, 4.69) is 58.3 Å². The first-order chi connectivity index (χ1) is 11.5. The zero-order valence-electron chi connectivity index (χ0n) is 14.4. The van der Waals surface area contributed by atoms with Gasteiger partial charge in [0.2, 0.25) is 5.91 Å². The van der Waals surface area contributed by atoms with Crippen LogP contribution in [0.25, 0.3) is 16.5 Å². The van der Waals surface area contributed by atoms with Gasteiger partial charge in [0.05, 0.1) is 5.92 Å². The lowest BCUT2D eigenvalue weighted by atomic mass is 9.80. The number of aromatic nitrogens is 1. The van der Waals surface area contributed by atoms with E-state index in [1.54, 1.807) is 0 Å². The maximum atomic E-state index is 12.5. The summed E-state index contributed by atoms with van der Waals surface area (Å²) in [5.41, 5.74) is 10.9. The summed E-state index contributed by atoms with van der Waals surface area (Å²) in [6, 6.07) is 6.96. The summed E-state index contributed by atoms with van der Waals surface area (Å²) < 4.78 is 0. The molecule has 1 aromatic heterocycles. The fourth-order valence-electron chi connectivity index (χ4n) is 3.92. The Labute approximate surface area is 142 Å². The van der Waals surface area contributed by atoms with Gasteiger partial charge < -0.3 is 4.98 Å². The first-order valence-corrected chi connectivity index (χ1v) is 8.61. The third kappa shape index (κ3) is 2.44. The molecule has 0 fully saturated rings. The van der Waals surface area contributed by atoms with Gasteiger partial charge in [0.25, 0.3) is 0 Å². The Morgan fingerprint density at radius 3 is 3.00 bits per heavy atom. The maximum absolute atomic E-state index is 12.5. The van der Waals surface area contributed by atoms with E-state index < -0.39 is 0 Å². The molecule has 5 heteroatoms. The van der Waals surface area contributed by atoms with Crippen LogP contribution in [0.4, 0.5) is 0 Å². The Kier molecular flexibility index (Phi) is 3.70. The van der Waals surface area contributed by atoms with Gasteiger partial charge in [-0.1, -0.05) is 18.2 Å². The molecule has 2 unspecified atom stereocenters. The molecular formula is C19H24N4O. The number of rotatable bonds is 3. The lowest BCUT2D eigenvalue weighted by Crippen LogP contribution is -2.50. The van der Waals surface area contributed by atoms with Gasteiger partial charge in [0.15, 0.2) is 0 Å². The van der Waals surface area contributed by atoms with Crippen molar-refractivity contribution in [2.75, 3.05) is 13.6 Å². The highest BCUT2D eigenvalue weighted by molar-refractivity contribution is 5.99. The van der Waals surface area contributed by atoms with Crippen molar-refractivity contribution >= 4 is 22.4 Å². The van der Waals surface area contributed by atoms with Crippen LogP contribution in [-0.4, -0.2) is 41.5 Å². The summed E-state index contributed by atoms with van der Waals surface area (Å²) in [5.74, 6) is -0.100. The number of hydrazine groups is 1. The minimum atomic E-state index is -0.136. The van der Waals surface area contributed by atoms with Crippen LogP contribution in [0, 0.1) is 5.92 Å². The predicted octanol–water partition coefficient (Wildman–Crippen LogP) is 2.07. The number of carbonyl (C=O) groups excluding carboxylic acids is 1. The number of nitrogens with zero attached hydrogens (tertiary/aromatic N) is 1. The quantitative estimate of drug-likeness (QED) is 0.758. The first kappa shape index (κ1) is 15.4. The average molecular weight is 324 g/mol. The van der Waals surface area contributed by atoms with Crippen LogP contribution in [-0.2, 0) is 11.2 Å². The molecule has 1 aliphatic heterocycles. The molecule has 1 aliphatic carbocycles. The van der Waals surface area contributed by atoms with E-state index in [1.807, 2.05) is 13.8 Å². The minimum Gasteiger partial charge on any atom is -0.361 e. The number of carbonyl (C=O) groups is 1. The van der Waals surface area contributed by atoms with E-state index >= 15 is 0 Å². The van der Waals surface area contributed by atoms with Crippen molar-refractivity contribution < 1.29 is 4.79 Å². The molecule has 0 radical (unpaired) electrons. The van der Waals surface area contributed by atoms with Crippen LogP contribution in [0.1, 0.15) is 25.0 Å². The van der Waals surface area contributed by atoms with Gasteiger partial charge in [0, 0.05) is 35.7 Å². The molecular weight excluding hydrogens is 300 g/mol. The maximum Gasteiger partial charge on any atom is 0.242 e. The molecule has 1 amide bonds. The molecule has 24 heavy (non-hydrogen) atoms. The number of benzene rings is 1. The Morgan fingerprint density at radius 2 is 2.21 bits per heavy atom. The number of hydrogen-bond acceptors (Lipinski definition) is 3. The number of amides is 1. The summed E-state index contributed by atoms with van der Waals surface area (Å²) in [4.78, 5) is 18.2. The van der Waals surface area contributed by atoms with E-state index in [1.165, 1.54) is 27.6 Å². The third-order valence-electron chi connectivity index (χ3n) is 5.09. The lowest BCUT2D eigenvalue weighted by molar-refractivity contribution is -0.125. The van der Waals surface area contributed by atoms with Gasteiger partial charge in [-0.2, -0.15) is 0 Å².